The van der Waals surface area contributed by atoms with Gasteiger partial charge in [0.05, 0.1) is 11.1 Å². The van der Waals surface area contributed by atoms with Gasteiger partial charge in [0.1, 0.15) is 5.82 Å². The van der Waals surface area contributed by atoms with Crippen LogP contribution >= 0.6 is 0 Å². The van der Waals surface area contributed by atoms with Crippen molar-refractivity contribution in [3.63, 3.8) is 0 Å². The Hall–Kier alpha value is -1.93. The van der Waals surface area contributed by atoms with Crippen LogP contribution in [-0.2, 0) is 16.6 Å². The number of nitrogens with two attached hydrogens (primary N) is 1. The second kappa shape index (κ2) is 4.75. The molecule has 0 spiro atoms. The number of nitrogen functional groups attached to an aromatic ring is 1. The number of nitrogens with one attached hydrogen (secondary N) is 2. The van der Waals surface area contributed by atoms with Crippen molar-refractivity contribution in [1.82, 2.24) is 19.9 Å². The fraction of sp³-hybridized carbons (Fsp3) is 0.200. The lowest BCUT2D eigenvalue weighted by Gasteiger charge is -2.06. The topological polar surface area (TPSA) is 114 Å². The van der Waals surface area contributed by atoms with Crippen LogP contribution in [0.4, 0.5) is 5.82 Å². The summed E-state index contributed by atoms with van der Waals surface area (Å²) >= 11 is 0. The van der Waals surface area contributed by atoms with Gasteiger partial charge in [0, 0.05) is 30.1 Å². The van der Waals surface area contributed by atoms with Crippen molar-refractivity contribution in [3.8, 4) is 0 Å². The highest BCUT2D eigenvalue weighted by Gasteiger charge is 2.14. The molecular formula is C10H13N5O2S. The quantitative estimate of drug-likeness (QED) is 0.731. The number of hydrogen-bond donors (Lipinski definition) is 3. The third-order valence-corrected chi connectivity index (χ3v) is 3.85. The molecule has 2 heterocycles. The highest BCUT2D eigenvalue weighted by Crippen LogP contribution is 2.11. The van der Waals surface area contributed by atoms with E-state index < -0.39 is 10.0 Å². The number of aromatic amines is 1. The van der Waals surface area contributed by atoms with Gasteiger partial charge in [-0.05, 0) is 13.0 Å². The summed E-state index contributed by atoms with van der Waals surface area (Å²) in [6, 6.07) is 2.70. The standard InChI is InChI=1S/C10H13N5O2S/c1-7-8(5-13-15-7)6-14-18(16,17)9-2-3-12-10(11)4-9/h2-5,14H,6H2,1H3,(H2,11,12)(H,13,15). The third-order valence-electron chi connectivity index (χ3n) is 2.45. The van der Waals surface area contributed by atoms with Gasteiger partial charge in [-0.3, -0.25) is 5.10 Å². The summed E-state index contributed by atoms with van der Waals surface area (Å²) in [5, 5.41) is 6.56. The molecule has 96 valence electrons. The van der Waals surface area contributed by atoms with Gasteiger partial charge in [0.2, 0.25) is 10.0 Å². The molecule has 0 fully saturated rings. The average molecular weight is 267 g/mol. The average Bonchev–Trinajstić information content (AvgIpc) is 2.72. The predicted molar refractivity (Wildman–Crippen MR) is 66.0 cm³/mol. The first kappa shape index (κ1) is 12.5. The fourth-order valence-corrected chi connectivity index (χ4v) is 2.43. The van der Waals surface area contributed by atoms with E-state index >= 15 is 0 Å². The van der Waals surface area contributed by atoms with Crippen LogP contribution in [0.1, 0.15) is 11.3 Å². The van der Waals surface area contributed by atoms with E-state index in [1.54, 1.807) is 6.20 Å². The molecule has 0 saturated carbocycles. The van der Waals surface area contributed by atoms with E-state index in [2.05, 4.69) is 19.9 Å². The molecule has 2 aromatic heterocycles. The van der Waals surface area contributed by atoms with Crippen LogP contribution in [0.3, 0.4) is 0 Å². The molecular weight excluding hydrogens is 254 g/mol. The zero-order chi connectivity index (χ0) is 13.2. The first-order valence-electron chi connectivity index (χ1n) is 5.19. The second-order valence-corrected chi connectivity index (χ2v) is 5.53. The van der Waals surface area contributed by atoms with Crippen molar-refractivity contribution in [3.05, 3.63) is 35.8 Å². The lowest BCUT2D eigenvalue weighted by Crippen LogP contribution is -2.23. The Balaban J connectivity index is 2.16. The molecule has 8 heteroatoms. The Labute approximate surface area is 104 Å². The Bertz CT molecular complexity index is 650. The van der Waals surface area contributed by atoms with Gasteiger partial charge in [-0.2, -0.15) is 5.10 Å². The molecule has 0 saturated heterocycles. The third kappa shape index (κ3) is 2.66. The Morgan fingerprint density at radius 2 is 2.28 bits per heavy atom. The summed E-state index contributed by atoms with van der Waals surface area (Å²) in [6.07, 6.45) is 2.94. The van der Waals surface area contributed by atoms with Crippen LogP contribution in [0.2, 0.25) is 0 Å². The van der Waals surface area contributed by atoms with Crippen molar-refractivity contribution in [2.24, 2.45) is 0 Å². The van der Waals surface area contributed by atoms with Crippen LogP contribution in [0.5, 0.6) is 0 Å². The molecule has 0 amide bonds. The van der Waals surface area contributed by atoms with Crippen LogP contribution in [0, 0.1) is 6.92 Å². The van der Waals surface area contributed by atoms with Crippen LogP contribution in [-0.4, -0.2) is 23.6 Å². The fourth-order valence-electron chi connectivity index (χ4n) is 1.41. The minimum atomic E-state index is -3.59. The zero-order valence-electron chi connectivity index (χ0n) is 9.71. The van der Waals surface area contributed by atoms with E-state index in [4.69, 9.17) is 5.73 Å². The molecule has 0 aliphatic rings. The summed E-state index contributed by atoms with van der Waals surface area (Å²) in [4.78, 5) is 3.84. The molecule has 18 heavy (non-hydrogen) atoms. The predicted octanol–water partition coefficient (Wildman–Crippen LogP) is 0.174. The van der Waals surface area contributed by atoms with E-state index in [9.17, 15) is 8.42 Å². The molecule has 0 bridgehead atoms. The Morgan fingerprint density at radius 1 is 1.50 bits per heavy atom. The van der Waals surface area contributed by atoms with E-state index in [0.717, 1.165) is 11.3 Å². The van der Waals surface area contributed by atoms with Gasteiger partial charge < -0.3 is 5.73 Å². The summed E-state index contributed by atoms with van der Waals surface area (Å²) in [5.41, 5.74) is 7.07. The number of hydrogen-bond acceptors (Lipinski definition) is 5. The minimum absolute atomic E-state index is 0.0937. The van der Waals surface area contributed by atoms with Gasteiger partial charge >= 0.3 is 0 Å². The van der Waals surface area contributed by atoms with Crippen LogP contribution < -0.4 is 10.5 Å². The number of rotatable bonds is 4. The van der Waals surface area contributed by atoms with Crippen molar-refractivity contribution in [1.29, 1.82) is 0 Å². The summed E-state index contributed by atoms with van der Waals surface area (Å²) in [5.74, 6) is 0.164. The van der Waals surface area contributed by atoms with Gasteiger partial charge in [0.15, 0.2) is 0 Å². The monoisotopic (exact) mass is 267 g/mol. The second-order valence-electron chi connectivity index (χ2n) is 3.76. The number of sulfonamides is 1. The molecule has 0 unspecified atom stereocenters. The van der Waals surface area contributed by atoms with Crippen LogP contribution in [0.25, 0.3) is 0 Å². The zero-order valence-corrected chi connectivity index (χ0v) is 10.5. The van der Waals surface area contributed by atoms with Crippen molar-refractivity contribution >= 4 is 15.8 Å². The number of H-pyrrole nitrogens is 1. The maximum absolute atomic E-state index is 12.0. The molecule has 4 N–H and O–H groups in total. The van der Waals surface area contributed by atoms with Crippen molar-refractivity contribution in [2.75, 3.05) is 5.73 Å². The first-order chi connectivity index (χ1) is 8.49. The van der Waals surface area contributed by atoms with Gasteiger partial charge in [0.25, 0.3) is 0 Å². The molecule has 0 aliphatic carbocycles. The minimum Gasteiger partial charge on any atom is -0.384 e. The van der Waals surface area contributed by atoms with Crippen molar-refractivity contribution in [2.45, 2.75) is 18.4 Å². The normalized spacial score (nSPS) is 11.6. The number of pyridine rings is 1. The molecule has 7 nitrogen and oxygen atoms in total. The maximum Gasteiger partial charge on any atom is 0.241 e. The Morgan fingerprint density at radius 3 is 2.89 bits per heavy atom. The molecule has 0 radical (unpaired) electrons. The molecule has 0 aromatic carbocycles. The molecule has 2 aromatic rings. The van der Waals surface area contributed by atoms with E-state index in [1.165, 1.54) is 18.3 Å². The number of aryl methyl sites for hydroxylation is 1. The maximum atomic E-state index is 12.0. The lowest BCUT2D eigenvalue weighted by atomic mass is 10.3. The van der Waals surface area contributed by atoms with Gasteiger partial charge in [-0.15, -0.1) is 0 Å². The largest absolute Gasteiger partial charge is 0.384 e. The molecule has 0 aliphatic heterocycles. The smallest absolute Gasteiger partial charge is 0.241 e. The molecule has 2 rings (SSSR count). The summed E-state index contributed by atoms with van der Waals surface area (Å²) in [7, 11) is -3.59. The molecule has 0 atom stereocenters. The van der Waals surface area contributed by atoms with E-state index in [-0.39, 0.29) is 17.3 Å². The number of anilines is 1. The highest BCUT2D eigenvalue weighted by atomic mass is 32.2. The summed E-state index contributed by atoms with van der Waals surface area (Å²) < 4.78 is 26.4. The first-order valence-corrected chi connectivity index (χ1v) is 6.67. The SMILES string of the molecule is Cc1[nH]ncc1CNS(=O)(=O)c1ccnc(N)c1. The van der Waals surface area contributed by atoms with E-state index in [0.29, 0.717) is 0 Å². The number of nitrogens with zero attached hydrogens (tertiary/aromatic N) is 2. The highest BCUT2D eigenvalue weighted by molar-refractivity contribution is 7.89. The van der Waals surface area contributed by atoms with Gasteiger partial charge in [-0.1, -0.05) is 0 Å². The number of aromatic nitrogens is 3. The Kier molecular flexibility index (Phi) is 3.30. The summed E-state index contributed by atoms with van der Waals surface area (Å²) in [6.45, 7) is 1.99. The van der Waals surface area contributed by atoms with Crippen molar-refractivity contribution < 1.29 is 8.42 Å². The van der Waals surface area contributed by atoms with Gasteiger partial charge in [-0.25, -0.2) is 18.1 Å². The van der Waals surface area contributed by atoms with E-state index in [1.807, 2.05) is 6.92 Å². The van der Waals surface area contributed by atoms with Crippen LogP contribution in [0.15, 0.2) is 29.4 Å². The lowest BCUT2D eigenvalue weighted by molar-refractivity contribution is 0.581.